The molecule has 2 nitrogen and oxygen atoms in total. The first-order chi connectivity index (χ1) is 9.61. The molecule has 2 rings (SSSR count). The zero-order valence-electron chi connectivity index (χ0n) is 11.2. The molecule has 0 heterocycles. The van der Waals surface area contributed by atoms with E-state index in [-0.39, 0.29) is 11.6 Å². The number of benzene rings is 2. The van der Waals surface area contributed by atoms with Crippen LogP contribution in [0.15, 0.2) is 53.0 Å². The number of carbonyl (C=O) groups excluding carboxylic acids is 2. The van der Waals surface area contributed by atoms with Crippen molar-refractivity contribution in [1.29, 1.82) is 0 Å². The molecule has 0 atom stereocenters. The molecule has 102 valence electrons. The van der Waals surface area contributed by atoms with Gasteiger partial charge in [0.05, 0.1) is 0 Å². The summed E-state index contributed by atoms with van der Waals surface area (Å²) in [6, 6.07) is 14.7. The van der Waals surface area contributed by atoms with Crippen LogP contribution in [0.1, 0.15) is 39.6 Å². The Hall–Kier alpha value is -1.74. The Balaban J connectivity index is 2.13. The van der Waals surface area contributed by atoms with E-state index >= 15 is 0 Å². The van der Waals surface area contributed by atoms with Crippen LogP contribution in [0.4, 0.5) is 0 Å². The van der Waals surface area contributed by atoms with Crippen molar-refractivity contribution in [2.45, 2.75) is 19.8 Å². The summed E-state index contributed by atoms with van der Waals surface area (Å²) >= 11 is 3.38. The van der Waals surface area contributed by atoms with Gasteiger partial charge in [0.2, 0.25) is 0 Å². The Labute approximate surface area is 127 Å². The highest BCUT2D eigenvalue weighted by atomic mass is 79.9. The number of halogens is 1. The summed E-state index contributed by atoms with van der Waals surface area (Å²) < 4.78 is 0.808. The number of carbonyl (C=O) groups is 2. The highest BCUT2D eigenvalue weighted by Gasteiger charge is 2.10. The van der Waals surface area contributed by atoms with E-state index in [2.05, 4.69) is 15.9 Å². The number of ketones is 2. The average Bonchev–Trinajstić information content (AvgIpc) is 2.47. The van der Waals surface area contributed by atoms with E-state index in [0.29, 0.717) is 24.0 Å². The lowest BCUT2D eigenvalue weighted by Crippen LogP contribution is -2.05. The third-order valence-electron chi connectivity index (χ3n) is 3.14. The van der Waals surface area contributed by atoms with Gasteiger partial charge in [0.1, 0.15) is 0 Å². The first kappa shape index (κ1) is 14.7. The second kappa shape index (κ2) is 6.62. The van der Waals surface area contributed by atoms with Crippen LogP contribution in [0.2, 0.25) is 0 Å². The average molecular weight is 331 g/mol. The van der Waals surface area contributed by atoms with Crippen molar-refractivity contribution in [2.75, 3.05) is 0 Å². The molecular weight excluding hydrogens is 316 g/mol. The largest absolute Gasteiger partial charge is 0.294 e. The summed E-state index contributed by atoms with van der Waals surface area (Å²) in [5.74, 6) is 0.181. The second-order valence-corrected chi connectivity index (χ2v) is 5.41. The van der Waals surface area contributed by atoms with Gasteiger partial charge in [-0.1, -0.05) is 65.3 Å². The quantitative estimate of drug-likeness (QED) is 0.758. The lowest BCUT2D eigenvalue weighted by molar-refractivity contribution is 0.0983. The number of rotatable bonds is 5. The number of hydrogen-bond donors (Lipinski definition) is 0. The first-order valence-electron chi connectivity index (χ1n) is 6.51. The number of hydrogen-bond acceptors (Lipinski definition) is 2. The molecule has 0 bridgehead atoms. The van der Waals surface area contributed by atoms with E-state index in [4.69, 9.17) is 0 Å². The van der Waals surface area contributed by atoms with Gasteiger partial charge in [-0.15, -0.1) is 0 Å². The molecule has 2 aromatic rings. The van der Waals surface area contributed by atoms with Gasteiger partial charge in [0, 0.05) is 28.4 Å². The van der Waals surface area contributed by atoms with Crippen LogP contribution in [-0.4, -0.2) is 11.6 Å². The highest BCUT2D eigenvalue weighted by Crippen LogP contribution is 2.18. The highest BCUT2D eigenvalue weighted by molar-refractivity contribution is 9.10. The maximum atomic E-state index is 12.2. The molecule has 20 heavy (non-hydrogen) atoms. The molecule has 0 amide bonds. The summed E-state index contributed by atoms with van der Waals surface area (Å²) in [6.07, 6.45) is 0.832. The molecular formula is C17H15BrO2. The van der Waals surface area contributed by atoms with Crippen LogP contribution in [0.3, 0.4) is 0 Å². The summed E-state index contributed by atoms with van der Waals surface area (Å²) in [4.78, 5) is 23.8. The zero-order chi connectivity index (χ0) is 14.5. The second-order valence-electron chi connectivity index (χ2n) is 4.55. The van der Waals surface area contributed by atoms with Crippen molar-refractivity contribution in [3.8, 4) is 0 Å². The molecule has 0 spiro atoms. The maximum absolute atomic E-state index is 12.2. The van der Waals surface area contributed by atoms with E-state index in [9.17, 15) is 9.59 Å². The van der Waals surface area contributed by atoms with Gasteiger partial charge in [0.15, 0.2) is 11.6 Å². The minimum Gasteiger partial charge on any atom is -0.294 e. The third kappa shape index (κ3) is 3.42. The van der Waals surface area contributed by atoms with Crippen LogP contribution in [0.5, 0.6) is 0 Å². The van der Waals surface area contributed by atoms with Gasteiger partial charge in [0.25, 0.3) is 0 Å². The Kier molecular flexibility index (Phi) is 4.85. The van der Waals surface area contributed by atoms with Crippen LogP contribution in [-0.2, 0) is 6.42 Å². The molecule has 0 unspecified atom stereocenters. The standard InChI is InChI=1S/C17H15BrO2/c1-2-16(19)13-9-7-12(8-10-13)11-17(20)14-5-3-4-6-15(14)18/h3-10H,2,11H2,1H3. The molecule has 0 aliphatic rings. The number of Topliss-reactive ketones (excluding diaryl/α,β-unsaturated/α-hetero) is 2. The fraction of sp³-hybridized carbons (Fsp3) is 0.176. The first-order valence-corrected chi connectivity index (χ1v) is 7.31. The predicted molar refractivity (Wildman–Crippen MR) is 83.2 cm³/mol. The molecule has 0 aliphatic heterocycles. The van der Waals surface area contributed by atoms with Gasteiger partial charge >= 0.3 is 0 Å². The van der Waals surface area contributed by atoms with Crippen LogP contribution in [0, 0.1) is 0 Å². The molecule has 0 aliphatic carbocycles. The lowest BCUT2D eigenvalue weighted by Gasteiger charge is -2.05. The Morgan fingerprint density at radius 3 is 2.20 bits per heavy atom. The van der Waals surface area contributed by atoms with Crippen molar-refractivity contribution >= 4 is 27.5 Å². The monoisotopic (exact) mass is 330 g/mol. The Bertz CT molecular complexity index is 630. The van der Waals surface area contributed by atoms with Crippen LogP contribution in [0.25, 0.3) is 0 Å². The molecule has 0 aromatic heterocycles. The summed E-state index contributed by atoms with van der Waals surface area (Å²) in [5.41, 5.74) is 2.30. The van der Waals surface area contributed by atoms with Crippen molar-refractivity contribution < 1.29 is 9.59 Å². The zero-order valence-corrected chi connectivity index (χ0v) is 12.8. The van der Waals surface area contributed by atoms with Gasteiger partial charge in [-0.2, -0.15) is 0 Å². The molecule has 0 saturated carbocycles. The molecule has 0 fully saturated rings. The normalized spacial score (nSPS) is 10.3. The van der Waals surface area contributed by atoms with Crippen molar-refractivity contribution in [3.05, 3.63) is 69.7 Å². The molecule has 0 saturated heterocycles. The van der Waals surface area contributed by atoms with E-state index < -0.39 is 0 Å². The predicted octanol–water partition coefficient (Wildman–Crippen LogP) is 4.47. The minimum atomic E-state index is 0.0621. The van der Waals surface area contributed by atoms with E-state index in [1.165, 1.54) is 0 Å². The SMILES string of the molecule is CCC(=O)c1ccc(CC(=O)c2ccccc2Br)cc1. The van der Waals surface area contributed by atoms with Crippen molar-refractivity contribution in [3.63, 3.8) is 0 Å². The molecule has 3 heteroatoms. The summed E-state index contributed by atoms with van der Waals surface area (Å²) in [5, 5.41) is 0. The molecule has 0 N–H and O–H groups in total. The van der Waals surface area contributed by atoms with Gasteiger partial charge in [-0.05, 0) is 11.6 Å². The topological polar surface area (TPSA) is 34.1 Å². The lowest BCUT2D eigenvalue weighted by atomic mass is 10.0. The van der Waals surface area contributed by atoms with Crippen LogP contribution >= 0.6 is 15.9 Å². The van der Waals surface area contributed by atoms with E-state index in [1.54, 1.807) is 18.2 Å². The smallest absolute Gasteiger partial charge is 0.168 e. The van der Waals surface area contributed by atoms with E-state index in [0.717, 1.165) is 10.0 Å². The van der Waals surface area contributed by atoms with Gasteiger partial charge < -0.3 is 0 Å². The van der Waals surface area contributed by atoms with Gasteiger partial charge in [-0.3, -0.25) is 9.59 Å². The fourth-order valence-electron chi connectivity index (χ4n) is 1.98. The van der Waals surface area contributed by atoms with E-state index in [1.807, 2.05) is 37.3 Å². The third-order valence-corrected chi connectivity index (χ3v) is 3.83. The van der Waals surface area contributed by atoms with Crippen molar-refractivity contribution in [1.82, 2.24) is 0 Å². The van der Waals surface area contributed by atoms with Gasteiger partial charge in [-0.25, -0.2) is 0 Å². The minimum absolute atomic E-state index is 0.0621. The summed E-state index contributed by atoms with van der Waals surface area (Å²) in [6.45, 7) is 1.84. The maximum Gasteiger partial charge on any atom is 0.168 e. The van der Waals surface area contributed by atoms with Crippen molar-refractivity contribution in [2.24, 2.45) is 0 Å². The Morgan fingerprint density at radius 1 is 0.950 bits per heavy atom. The van der Waals surface area contributed by atoms with Crippen LogP contribution < -0.4 is 0 Å². The molecule has 0 radical (unpaired) electrons. The Morgan fingerprint density at radius 2 is 1.60 bits per heavy atom. The molecule has 2 aromatic carbocycles. The summed E-state index contributed by atoms with van der Waals surface area (Å²) in [7, 11) is 0. The fourth-order valence-corrected chi connectivity index (χ4v) is 2.49.